The SMILES string of the molecule is CCC/C=C(\NC(C)C)c1cccc(N(C)CC(OC=O)C(=O)NC(Cc2ccccc2)C(O)CN(CC(C)C)c2ccc(CO)cc2)c1.COO. The summed E-state index contributed by atoms with van der Waals surface area (Å²) in [6, 6.07) is 25.0. The van der Waals surface area contributed by atoms with Crippen molar-refractivity contribution in [1.82, 2.24) is 10.6 Å². The van der Waals surface area contributed by atoms with Crippen LogP contribution in [0.4, 0.5) is 11.4 Å². The number of unbranched alkanes of at least 4 members (excludes halogenated alkanes) is 1. The molecule has 3 aromatic carbocycles. The molecule has 0 aliphatic heterocycles. The van der Waals surface area contributed by atoms with E-state index >= 15 is 0 Å². The zero-order chi connectivity index (χ0) is 38.5. The highest BCUT2D eigenvalue weighted by molar-refractivity contribution is 5.83. The maximum Gasteiger partial charge on any atom is 0.293 e. The molecule has 0 bridgehead atoms. The topological polar surface area (TPSA) is 144 Å². The van der Waals surface area contributed by atoms with E-state index in [1.807, 2.05) is 78.7 Å². The predicted octanol–water partition coefficient (Wildman–Crippen LogP) is 5.65. The Labute approximate surface area is 310 Å². The van der Waals surface area contributed by atoms with Gasteiger partial charge in [0.2, 0.25) is 0 Å². The van der Waals surface area contributed by atoms with Crippen molar-refractivity contribution in [1.29, 1.82) is 0 Å². The van der Waals surface area contributed by atoms with Crippen LogP contribution in [-0.4, -0.2) is 85.9 Å². The molecule has 0 radical (unpaired) electrons. The molecule has 3 aromatic rings. The van der Waals surface area contributed by atoms with Crippen molar-refractivity contribution in [2.45, 2.75) is 84.8 Å². The van der Waals surface area contributed by atoms with Crippen LogP contribution in [0.1, 0.15) is 64.2 Å². The Morgan fingerprint density at radius 2 is 1.56 bits per heavy atom. The summed E-state index contributed by atoms with van der Waals surface area (Å²) >= 11 is 0. The number of hydrogen-bond acceptors (Lipinski definition) is 10. The summed E-state index contributed by atoms with van der Waals surface area (Å²) in [5.74, 6) is -0.173. The van der Waals surface area contributed by atoms with Crippen LogP contribution in [0.5, 0.6) is 0 Å². The third-order valence-electron chi connectivity index (χ3n) is 8.20. The summed E-state index contributed by atoms with van der Waals surface area (Å²) < 4.78 is 5.36. The lowest BCUT2D eigenvalue weighted by Crippen LogP contribution is -2.54. The van der Waals surface area contributed by atoms with E-state index < -0.39 is 24.2 Å². The number of carbonyl (C=O) groups excluding carboxylic acids is 2. The number of ether oxygens (including phenoxy) is 1. The molecule has 0 aliphatic carbocycles. The van der Waals surface area contributed by atoms with Gasteiger partial charge in [0, 0.05) is 43.3 Å². The van der Waals surface area contributed by atoms with E-state index in [0.717, 1.165) is 46.6 Å². The van der Waals surface area contributed by atoms with E-state index in [1.165, 1.54) is 7.11 Å². The maximum absolute atomic E-state index is 13.8. The van der Waals surface area contributed by atoms with Crippen LogP contribution in [0.3, 0.4) is 0 Å². The largest absolute Gasteiger partial charge is 0.453 e. The molecule has 0 aromatic heterocycles. The van der Waals surface area contributed by atoms with E-state index in [1.54, 1.807) is 0 Å². The van der Waals surface area contributed by atoms with Gasteiger partial charge in [-0.25, -0.2) is 4.89 Å². The van der Waals surface area contributed by atoms with E-state index in [4.69, 9.17) is 9.99 Å². The Morgan fingerprint density at radius 3 is 2.13 bits per heavy atom. The lowest BCUT2D eigenvalue weighted by Gasteiger charge is -2.33. The van der Waals surface area contributed by atoms with Crippen LogP contribution < -0.4 is 20.4 Å². The Balaban J connectivity index is 0.00000301. The van der Waals surface area contributed by atoms with Crippen LogP contribution in [-0.2, 0) is 32.2 Å². The van der Waals surface area contributed by atoms with Crippen LogP contribution in [0, 0.1) is 5.92 Å². The van der Waals surface area contributed by atoms with Gasteiger partial charge in [-0.2, -0.15) is 0 Å². The fraction of sp³-hybridized carbons (Fsp3) is 0.463. The first-order chi connectivity index (χ1) is 24.9. The average Bonchev–Trinajstić information content (AvgIpc) is 3.13. The molecule has 1 amide bonds. The highest BCUT2D eigenvalue weighted by Gasteiger charge is 2.29. The van der Waals surface area contributed by atoms with Gasteiger partial charge in [0.1, 0.15) is 0 Å². The quantitative estimate of drug-likeness (QED) is 0.0532. The summed E-state index contributed by atoms with van der Waals surface area (Å²) in [5.41, 5.74) is 5.64. The van der Waals surface area contributed by atoms with Gasteiger partial charge in [-0.3, -0.25) is 14.8 Å². The van der Waals surface area contributed by atoms with Crippen molar-refractivity contribution in [3.8, 4) is 0 Å². The summed E-state index contributed by atoms with van der Waals surface area (Å²) in [5, 5.41) is 34.9. The second kappa shape index (κ2) is 23.9. The molecule has 3 atom stereocenters. The zero-order valence-electron chi connectivity index (χ0n) is 31.9. The first-order valence-corrected chi connectivity index (χ1v) is 18.0. The van der Waals surface area contributed by atoms with Crippen LogP contribution in [0.25, 0.3) is 5.70 Å². The number of carbonyl (C=O) groups is 2. The normalized spacial score (nSPS) is 13.0. The number of nitrogens with one attached hydrogen (secondary N) is 2. The highest BCUT2D eigenvalue weighted by atomic mass is 17.1. The molecular weight excluding hydrogens is 660 g/mol. The first-order valence-electron chi connectivity index (χ1n) is 18.0. The molecule has 0 spiro atoms. The predicted molar refractivity (Wildman–Crippen MR) is 209 cm³/mol. The van der Waals surface area contributed by atoms with Gasteiger partial charge >= 0.3 is 0 Å². The van der Waals surface area contributed by atoms with E-state index in [2.05, 4.69) is 73.2 Å². The minimum absolute atomic E-state index is 0.0463. The second-order valence-corrected chi connectivity index (χ2v) is 13.5. The number of amides is 1. The zero-order valence-corrected chi connectivity index (χ0v) is 31.9. The fourth-order valence-corrected chi connectivity index (χ4v) is 5.70. The first kappa shape index (κ1) is 43.7. The van der Waals surface area contributed by atoms with Gasteiger partial charge < -0.3 is 35.4 Å². The lowest BCUT2D eigenvalue weighted by molar-refractivity contribution is -0.214. The molecule has 0 fully saturated rings. The number of rotatable bonds is 21. The smallest absolute Gasteiger partial charge is 0.293 e. The third-order valence-corrected chi connectivity index (χ3v) is 8.20. The molecule has 0 saturated carbocycles. The molecule has 286 valence electrons. The molecule has 11 nitrogen and oxygen atoms in total. The van der Waals surface area contributed by atoms with Crippen molar-refractivity contribution in [3.05, 3.63) is 102 Å². The molecule has 0 saturated heterocycles. The molecule has 3 unspecified atom stereocenters. The summed E-state index contributed by atoms with van der Waals surface area (Å²) in [7, 11) is 3.04. The van der Waals surface area contributed by atoms with Gasteiger partial charge in [0.15, 0.2) is 6.10 Å². The monoisotopic (exact) mass is 720 g/mol. The minimum atomic E-state index is -1.11. The molecule has 3 rings (SSSR count). The van der Waals surface area contributed by atoms with Gasteiger partial charge in [0.05, 0.1) is 32.4 Å². The lowest BCUT2D eigenvalue weighted by atomic mass is 9.99. The third kappa shape index (κ3) is 15.4. The maximum atomic E-state index is 13.8. The number of aliphatic hydroxyl groups excluding tert-OH is 2. The standard InChI is InChI=1S/C40H56N4O5.CH4O2/c1-7-8-17-36(41-30(4)5)33-15-12-16-35(23-33)43(6)26-39(49-28-46)40(48)42-37(22-31-13-10-9-11-14-31)38(47)25-44(24-29(2)3)34-20-18-32(27-45)19-21-34;1-3-2/h9-21,23,28-30,37-39,41,45,47H,7-8,22,24-27H2,1-6H3,(H,42,48);2H,1H3/b36-17-;. The number of hydrogen-bond donors (Lipinski definition) is 5. The van der Waals surface area contributed by atoms with Crippen LogP contribution in [0.2, 0.25) is 0 Å². The van der Waals surface area contributed by atoms with Crippen molar-refractivity contribution < 1.29 is 34.7 Å². The van der Waals surface area contributed by atoms with E-state index in [0.29, 0.717) is 25.4 Å². The fourth-order valence-electron chi connectivity index (χ4n) is 5.70. The molecule has 52 heavy (non-hydrogen) atoms. The van der Waals surface area contributed by atoms with E-state index in [9.17, 15) is 19.8 Å². The Bertz CT molecular complexity index is 1470. The number of anilines is 2. The van der Waals surface area contributed by atoms with Crippen molar-refractivity contribution in [3.63, 3.8) is 0 Å². The number of nitrogens with zero attached hydrogens (tertiary/aromatic N) is 2. The Morgan fingerprint density at radius 1 is 0.885 bits per heavy atom. The molecule has 5 N–H and O–H groups in total. The average molecular weight is 721 g/mol. The molecular formula is C41H60N4O7. The number of likely N-dealkylation sites (N-methyl/N-ethyl adjacent to an activating group) is 1. The minimum Gasteiger partial charge on any atom is -0.453 e. The van der Waals surface area contributed by atoms with Crippen LogP contribution >= 0.6 is 0 Å². The molecule has 0 heterocycles. The number of benzene rings is 3. The second-order valence-electron chi connectivity index (χ2n) is 13.5. The van der Waals surface area contributed by atoms with Crippen molar-refractivity contribution in [2.24, 2.45) is 5.92 Å². The molecule has 11 heteroatoms. The molecule has 0 aliphatic rings. The Kier molecular flexibility index (Phi) is 20.1. The number of aliphatic hydroxyl groups is 2. The van der Waals surface area contributed by atoms with E-state index in [-0.39, 0.29) is 25.7 Å². The van der Waals surface area contributed by atoms with Gasteiger partial charge in [-0.05, 0) is 73.6 Å². The van der Waals surface area contributed by atoms with Gasteiger partial charge in [0.25, 0.3) is 12.4 Å². The van der Waals surface area contributed by atoms with Gasteiger partial charge in [-0.15, -0.1) is 0 Å². The number of allylic oxidation sites excluding steroid dienone is 1. The van der Waals surface area contributed by atoms with Gasteiger partial charge in [-0.1, -0.05) is 87.9 Å². The van der Waals surface area contributed by atoms with Crippen molar-refractivity contribution >= 4 is 29.5 Å². The summed E-state index contributed by atoms with van der Waals surface area (Å²) in [6.45, 7) is 11.9. The Hall–Kier alpha value is -4.42. The van der Waals surface area contributed by atoms with Crippen LogP contribution in [0.15, 0.2) is 84.9 Å². The summed E-state index contributed by atoms with van der Waals surface area (Å²) in [4.78, 5) is 32.7. The van der Waals surface area contributed by atoms with Crippen molar-refractivity contribution in [2.75, 3.05) is 43.6 Å². The highest BCUT2D eigenvalue weighted by Crippen LogP contribution is 2.22. The summed E-state index contributed by atoms with van der Waals surface area (Å²) in [6.07, 6.45) is 2.51.